The van der Waals surface area contributed by atoms with Crippen molar-refractivity contribution in [3.8, 4) is 0 Å². The average Bonchev–Trinajstić information content (AvgIpc) is 2.91. The first-order valence-corrected chi connectivity index (χ1v) is 6.57. The van der Waals surface area contributed by atoms with Gasteiger partial charge in [0.15, 0.2) is 5.65 Å². The molecule has 5 nitrogen and oxygen atoms in total. The number of hydrogen-bond donors (Lipinski definition) is 0. The quantitative estimate of drug-likeness (QED) is 0.689. The van der Waals surface area contributed by atoms with E-state index in [1.54, 1.807) is 6.20 Å². The van der Waals surface area contributed by atoms with Gasteiger partial charge in [0, 0.05) is 19.4 Å². The van der Waals surface area contributed by atoms with Crippen LogP contribution in [0, 0.1) is 6.92 Å². The highest BCUT2D eigenvalue weighted by Crippen LogP contribution is 2.21. The summed E-state index contributed by atoms with van der Waals surface area (Å²) in [5.41, 5.74) is 3.96. The molecule has 3 aromatic heterocycles. The molecule has 0 aliphatic carbocycles. The van der Waals surface area contributed by atoms with E-state index in [0.29, 0.717) is 12.4 Å². The van der Waals surface area contributed by atoms with E-state index in [2.05, 4.69) is 19.6 Å². The molecule has 0 bridgehead atoms. The van der Waals surface area contributed by atoms with Gasteiger partial charge in [-0.25, -0.2) is 4.98 Å². The molecule has 3 rings (SSSR count). The van der Waals surface area contributed by atoms with E-state index in [4.69, 9.17) is 11.6 Å². The molecule has 0 saturated heterocycles. The number of fused-ring (bicyclic) bond motifs is 1. The second-order valence-electron chi connectivity index (χ2n) is 4.49. The second kappa shape index (κ2) is 4.66. The fraction of sp³-hybridized carbons (Fsp3) is 0.308. The maximum Gasteiger partial charge on any atom is 0.159 e. The van der Waals surface area contributed by atoms with Crippen LogP contribution in [0.5, 0.6) is 0 Å². The van der Waals surface area contributed by atoms with Crippen molar-refractivity contribution in [2.24, 2.45) is 7.05 Å². The summed E-state index contributed by atoms with van der Waals surface area (Å²) in [6.45, 7) is 2.66. The zero-order chi connectivity index (χ0) is 13.4. The number of halogens is 1. The van der Waals surface area contributed by atoms with Gasteiger partial charge in [0.1, 0.15) is 11.3 Å². The van der Waals surface area contributed by atoms with Gasteiger partial charge in [-0.1, -0.05) is 6.07 Å². The van der Waals surface area contributed by atoms with Gasteiger partial charge >= 0.3 is 0 Å². The number of imidazole rings is 1. The highest BCUT2D eigenvalue weighted by atomic mass is 35.5. The predicted octanol–water partition coefficient (Wildman–Crippen LogP) is 2.26. The van der Waals surface area contributed by atoms with Crippen LogP contribution in [0.1, 0.15) is 17.1 Å². The first kappa shape index (κ1) is 12.2. The maximum atomic E-state index is 6.00. The van der Waals surface area contributed by atoms with Crippen molar-refractivity contribution in [2.45, 2.75) is 19.3 Å². The molecule has 3 aromatic rings. The van der Waals surface area contributed by atoms with Crippen LogP contribution >= 0.6 is 11.6 Å². The lowest BCUT2D eigenvalue weighted by molar-refractivity contribution is 0.701. The van der Waals surface area contributed by atoms with Crippen molar-refractivity contribution in [1.82, 2.24) is 24.3 Å². The third kappa shape index (κ3) is 2.00. The first-order valence-electron chi connectivity index (χ1n) is 6.04. The summed E-state index contributed by atoms with van der Waals surface area (Å²) >= 11 is 6.00. The van der Waals surface area contributed by atoms with Crippen LogP contribution in [0.4, 0.5) is 0 Å². The van der Waals surface area contributed by atoms with Crippen molar-refractivity contribution in [3.05, 3.63) is 41.6 Å². The van der Waals surface area contributed by atoms with Crippen LogP contribution in [-0.4, -0.2) is 24.3 Å². The molecule has 0 amide bonds. The molecule has 0 radical (unpaired) electrons. The fourth-order valence-electron chi connectivity index (χ4n) is 2.32. The van der Waals surface area contributed by atoms with Crippen molar-refractivity contribution >= 4 is 22.8 Å². The number of hydrogen-bond acceptors (Lipinski definition) is 3. The summed E-state index contributed by atoms with van der Waals surface area (Å²) in [5.74, 6) is 1.24. The van der Waals surface area contributed by atoms with Crippen LogP contribution in [0.15, 0.2) is 24.5 Å². The van der Waals surface area contributed by atoms with E-state index in [9.17, 15) is 0 Å². The molecule has 0 unspecified atom stereocenters. The molecule has 0 saturated carbocycles. The largest absolute Gasteiger partial charge is 0.307 e. The summed E-state index contributed by atoms with van der Waals surface area (Å²) in [6.07, 6.45) is 3.62. The number of nitrogens with zero attached hydrogens (tertiary/aromatic N) is 5. The van der Waals surface area contributed by atoms with Gasteiger partial charge in [-0.3, -0.25) is 9.67 Å². The second-order valence-corrected chi connectivity index (χ2v) is 4.76. The molecular formula is C13H14ClN5. The lowest BCUT2D eigenvalue weighted by Gasteiger charge is -2.07. The smallest absolute Gasteiger partial charge is 0.159 e. The Morgan fingerprint density at radius 2 is 2.21 bits per heavy atom. The van der Waals surface area contributed by atoms with Crippen LogP contribution in [-0.2, 0) is 19.5 Å². The van der Waals surface area contributed by atoms with E-state index in [1.807, 2.05) is 37.0 Å². The van der Waals surface area contributed by atoms with Crippen LogP contribution in [0.3, 0.4) is 0 Å². The minimum Gasteiger partial charge on any atom is -0.307 e. The minimum atomic E-state index is 0.383. The molecule has 19 heavy (non-hydrogen) atoms. The summed E-state index contributed by atoms with van der Waals surface area (Å²) in [5, 5.41) is 4.40. The van der Waals surface area contributed by atoms with Gasteiger partial charge in [-0.15, -0.1) is 11.6 Å². The summed E-state index contributed by atoms with van der Waals surface area (Å²) in [7, 11) is 1.93. The molecule has 0 aliphatic rings. The Morgan fingerprint density at radius 3 is 2.89 bits per heavy atom. The Balaban J connectivity index is 2.15. The van der Waals surface area contributed by atoms with Crippen molar-refractivity contribution in [1.29, 1.82) is 0 Å². The molecule has 0 spiro atoms. The Kier molecular flexibility index (Phi) is 2.98. The number of aryl methyl sites for hydroxylation is 2. The maximum absolute atomic E-state index is 6.00. The van der Waals surface area contributed by atoms with Gasteiger partial charge in [-0.2, -0.15) is 5.10 Å². The molecule has 98 valence electrons. The lowest BCUT2D eigenvalue weighted by Crippen LogP contribution is -2.07. The molecule has 3 heterocycles. The van der Waals surface area contributed by atoms with Gasteiger partial charge < -0.3 is 4.57 Å². The van der Waals surface area contributed by atoms with Crippen LogP contribution in [0.2, 0.25) is 0 Å². The van der Waals surface area contributed by atoms with Gasteiger partial charge in [0.05, 0.1) is 18.1 Å². The van der Waals surface area contributed by atoms with Crippen LogP contribution < -0.4 is 0 Å². The van der Waals surface area contributed by atoms with Gasteiger partial charge in [0.25, 0.3) is 0 Å². The zero-order valence-electron chi connectivity index (χ0n) is 10.8. The summed E-state index contributed by atoms with van der Waals surface area (Å²) in [6, 6.07) is 3.97. The third-order valence-electron chi connectivity index (χ3n) is 3.15. The zero-order valence-corrected chi connectivity index (χ0v) is 11.6. The molecule has 0 N–H and O–H groups in total. The van der Waals surface area contributed by atoms with E-state index < -0.39 is 0 Å². The fourth-order valence-corrected chi connectivity index (χ4v) is 2.53. The molecule has 0 aliphatic heterocycles. The Labute approximate surface area is 115 Å². The van der Waals surface area contributed by atoms with Crippen molar-refractivity contribution < 1.29 is 0 Å². The number of aromatic nitrogens is 5. The minimum absolute atomic E-state index is 0.383. The Hall–Kier alpha value is -1.88. The molecule has 0 atom stereocenters. The topological polar surface area (TPSA) is 48.5 Å². The predicted molar refractivity (Wildman–Crippen MR) is 74.1 cm³/mol. The molecule has 0 aromatic carbocycles. The first-order chi connectivity index (χ1) is 9.20. The van der Waals surface area contributed by atoms with E-state index in [0.717, 1.165) is 28.2 Å². The molecule has 0 fully saturated rings. The molecule has 6 heteroatoms. The lowest BCUT2D eigenvalue weighted by atomic mass is 10.3. The average molecular weight is 276 g/mol. The van der Waals surface area contributed by atoms with Crippen molar-refractivity contribution in [3.63, 3.8) is 0 Å². The Bertz CT molecular complexity index is 714. The highest BCUT2D eigenvalue weighted by Gasteiger charge is 2.16. The van der Waals surface area contributed by atoms with Gasteiger partial charge in [0.2, 0.25) is 0 Å². The SMILES string of the molecule is Cc1nn(C)c2c1nc(CCl)n2Cc1cccnc1. The number of pyridine rings is 1. The Morgan fingerprint density at radius 1 is 1.37 bits per heavy atom. The van der Waals surface area contributed by atoms with E-state index >= 15 is 0 Å². The van der Waals surface area contributed by atoms with Gasteiger partial charge in [-0.05, 0) is 18.6 Å². The summed E-state index contributed by atoms with van der Waals surface area (Å²) < 4.78 is 3.95. The van der Waals surface area contributed by atoms with Crippen molar-refractivity contribution in [2.75, 3.05) is 0 Å². The normalized spacial score (nSPS) is 11.3. The monoisotopic (exact) mass is 275 g/mol. The van der Waals surface area contributed by atoms with E-state index in [1.165, 1.54) is 0 Å². The highest BCUT2D eigenvalue weighted by molar-refractivity contribution is 6.16. The number of rotatable bonds is 3. The third-order valence-corrected chi connectivity index (χ3v) is 3.39. The summed E-state index contributed by atoms with van der Waals surface area (Å²) in [4.78, 5) is 8.71. The van der Waals surface area contributed by atoms with E-state index in [-0.39, 0.29) is 0 Å². The number of alkyl halides is 1. The van der Waals surface area contributed by atoms with Crippen LogP contribution in [0.25, 0.3) is 11.2 Å². The standard InChI is InChI=1S/C13H14ClN5/c1-9-12-13(18(2)17-9)19(11(6-14)16-12)8-10-4-3-5-15-7-10/h3-5,7H,6,8H2,1-2H3. The molecular weight excluding hydrogens is 262 g/mol.